The maximum atomic E-state index is 5.66. The van der Waals surface area contributed by atoms with Crippen molar-refractivity contribution in [2.45, 2.75) is 16.2 Å². The Morgan fingerprint density at radius 1 is 0.957 bits per heavy atom. The van der Waals surface area contributed by atoms with Crippen molar-refractivity contribution >= 4 is 23.2 Å². The lowest BCUT2D eigenvalue weighted by atomic mass is 9.96. The molecule has 1 aliphatic rings. The summed E-state index contributed by atoms with van der Waals surface area (Å²) >= 11 is 1.84. The third-order valence-corrected chi connectivity index (χ3v) is 5.35. The van der Waals surface area contributed by atoms with Crippen molar-refractivity contribution in [1.82, 2.24) is 4.98 Å². The van der Waals surface area contributed by atoms with Crippen LogP contribution in [-0.4, -0.2) is 4.98 Å². The third-order valence-electron chi connectivity index (χ3n) is 4.12. The van der Waals surface area contributed by atoms with Gasteiger partial charge in [0, 0.05) is 21.6 Å². The van der Waals surface area contributed by atoms with E-state index in [9.17, 15) is 0 Å². The quantitative estimate of drug-likeness (QED) is 0.578. The zero-order valence-electron chi connectivity index (χ0n) is 12.6. The van der Waals surface area contributed by atoms with E-state index in [4.69, 9.17) is 5.73 Å². The summed E-state index contributed by atoms with van der Waals surface area (Å²) in [5, 5.41) is 0. The molecule has 2 nitrogen and oxygen atoms in total. The highest BCUT2D eigenvalue weighted by molar-refractivity contribution is 7.99. The predicted molar refractivity (Wildman–Crippen MR) is 96.6 cm³/mol. The van der Waals surface area contributed by atoms with Crippen molar-refractivity contribution in [2.75, 3.05) is 5.73 Å². The molecule has 0 saturated carbocycles. The largest absolute Gasteiger partial charge is 0.384 e. The molecule has 2 N–H and O–H groups in total. The number of nitrogen functional groups attached to an aromatic ring is 1. The number of aromatic nitrogens is 1. The normalized spacial score (nSPS) is 12.3. The predicted octanol–water partition coefficient (Wildman–Crippen LogP) is 4.78. The van der Waals surface area contributed by atoms with Gasteiger partial charge in [0.05, 0.1) is 0 Å². The zero-order valence-corrected chi connectivity index (χ0v) is 13.4. The summed E-state index contributed by atoms with van der Waals surface area (Å²) in [5.74, 6) is 0.528. The lowest BCUT2D eigenvalue weighted by molar-refractivity contribution is 1.05. The first-order chi connectivity index (χ1) is 11.2. The summed E-state index contributed by atoms with van der Waals surface area (Å²) in [7, 11) is 0. The van der Waals surface area contributed by atoms with Crippen LogP contribution in [-0.2, 0) is 6.42 Å². The van der Waals surface area contributed by atoms with E-state index in [1.807, 2.05) is 23.9 Å². The Morgan fingerprint density at radius 3 is 2.57 bits per heavy atom. The first kappa shape index (κ1) is 14.1. The number of pyridine rings is 1. The van der Waals surface area contributed by atoms with Crippen molar-refractivity contribution in [1.29, 1.82) is 0 Å². The molecule has 0 amide bonds. The maximum Gasteiger partial charge on any atom is 0.123 e. The van der Waals surface area contributed by atoms with Gasteiger partial charge in [-0.1, -0.05) is 42.6 Å². The topological polar surface area (TPSA) is 38.9 Å². The fraction of sp³-hybridized carbons (Fsp3) is 0.0500. The molecule has 0 bridgehead atoms. The fourth-order valence-corrected chi connectivity index (χ4v) is 3.88. The fourth-order valence-electron chi connectivity index (χ4n) is 2.83. The smallest absolute Gasteiger partial charge is 0.123 e. The van der Waals surface area contributed by atoms with Crippen LogP contribution in [0.15, 0.2) is 77.2 Å². The van der Waals surface area contributed by atoms with Crippen molar-refractivity contribution in [2.24, 2.45) is 0 Å². The standard InChI is InChI=1S/C20H16N2S/c1-13(16-7-9-20(21)22-12-16)14-6-8-19-17(10-14)11-15-4-2-3-5-18(15)23-19/h2-10,12H,1,11H2,(H2,21,22). The van der Waals surface area contributed by atoms with Gasteiger partial charge in [-0.2, -0.15) is 0 Å². The Balaban J connectivity index is 1.68. The van der Waals surface area contributed by atoms with E-state index in [-0.39, 0.29) is 0 Å². The van der Waals surface area contributed by atoms with E-state index >= 15 is 0 Å². The average molecular weight is 316 g/mol. The summed E-state index contributed by atoms with van der Waals surface area (Å²) in [4.78, 5) is 6.84. The van der Waals surface area contributed by atoms with Crippen molar-refractivity contribution in [3.05, 3.63) is 89.6 Å². The second kappa shape index (κ2) is 5.60. The Hall–Kier alpha value is -2.52. The lowest BCUT2D eigenvalue weighted by Crippen LogP contribution is -2.00. The minimum atomic E-state index is 0.528. The maximum absolute atomic E-state index is 5.66. The van der Waals surface area contributed by atoms with Gasteiger partial charge >= 0.3 is 0 Å². The molecule has 3 aromatic rings. The molecule has 23 heavy (non-hydrogen) atoms. The van der Waals surface area contributed by atoms with Crippen molar-refractivity contribution in [3.8, 4) is 0 Å². The van der Waals surface area contributed by atoms with Gasteiger partial charge in [0.1, 0.15) is 5.82 Å². The summed E-state index contributed by atoms with van der Waals surface area (Å²) in [6, 6.07) is 19.0. The Bertz CT molecular complexity index is 898. The van der Waals surface area contributed by atoms with E-state index in [2.05, 4.69) is 54.0 Å². The summed E-state index contributed by atoms with van der Waals surface area (Å²) < 4.78 is 0. The summed E-state index contributed by atoms with van der Waals surface area (Å²) in [6.45, 7) is 4.23. The number of nitrogens with two attached hydrogens (primary N) is 1. The molecule has 3 heteroatoms. The molecule has 2 heterocycles. The highest BCUT2D eigenvalue weighted by Gasteiger charge is 2.16. The second-order valence-corrected chi connectivity index (χ2v) is 6.74. The minimum absolute atomic E-state index is 0.528. The minimum Gasteiger partial charge on any atom is -0.384 e. The average Bonchev–Trinajstić information content (AvgIpc) is 2.59. The molecule has 1 aliphatic heterocycles. The Kier molecular flexibility index (Phi) is 3.43. The molecular weight excluding hydrogens is 300 g/mol. The van der Waals surface area contributed by atoms with Crippen molar-refractivity contribution in [3.63, 3.8) is 0 Å². The molecule has 0 fully saturated rings. The molecule has 0 radical (unpaired) electrons. The molecule has 0 spiro atoms. The van der Waals surface area contributed by atoms with E-state index in [1.165, 1.54) is 20.9 Å². The number of benzene rings is 2. The number of hydrogen-bond donors (Lipinski definition) is 1. The number of anilines is 1. The van der Waals surface area contributed by atoms with Crippen LogP contribution in [0.2, 0.25) is 0 Å². The number of hydrogen-bond acceptors (Lipinski definition) is 3. The van der Waals surface area contributed by atoms with Crippen LogP contribution >= 0.6 is 11.8 Å². The van der Waals surface area contributed by atoms with Gasteiger partial charge < -0.3 is 5.73 Å². The molecule has 0 unspecified atom stereocenters. The highest BCUT2D eigenvalue weighted by atomic mass is 32.2. The van der Waals surface area contributed by atoms with Crippen LogP contribution in [0.5, 0.6) is 0 Å². The van der Waals surface area contributed by atoms with Crippen LogP contribution in [0, 0.1) is 0 Å². The van der Waals surface area contributed by atoms with Gasteiger partial charge in [0.2, 0.25) is 0 Å². The molecular formula is C20H16N2S. The van der Waals surface area contributed by atoms with Crippen LogP contribution in [0.1, 0.15) is 22.3 Å². The van der Waals surface area contributed by atoms with E-state index in [0.717, 1.165) is 23.1 Å². The van der Waals surface area contributed by atoms with Gasteiger partial charge in [0.25, 0.3) is 0 Å². The molecule has 4 rings (SSSR count). The van der Waals surface area contributed by atoms with Gasteiger partial charge in [-0.15, -0.1) is 0 Å². The SMILES string of the molecule is C=C(c1ccc(N)nc1)c1ccc2c(c1)Cc1ccccc1S2. The summed E-state index contributed by atoms with van der Waals surface area (Å²) in [5.41, 5.74) is 11.5. The van der Waals surface area contributed by atoms with Crippen molar-refractivity contribution < 1.29 is 0 Å². The number of fused-ring (bicyclic) bond motifs is 2. The highest BCUT2D eigenvalue weighted by Crippen LogP contribution is 2.40. The second-order valence-electron chi connectivity index (χ2n) is 5.66. The molecule has 112 valence electrons. The molecule has 0 aliphatic carbocycles. The van der Waals surface area contributed by atoms with Crippen LogP contribution < -0.4 is 5.73 Å². The first-order valence-corrected chi connectivity index (χ1v) is 8.32. The van der Waals surface area contributed by atoms with Gasteiger partial charge in [-0.25, -0.2) is 4.98 Å². The Labute approximate surface area is 140 Å². The van der Waals surface area contributed by atoms with Gasteiger partial charge in [0.15, 0.2) is 0 Å². The third kappa shape index (κ3) is 2.64. The first-order valence-electron chi connectivity index (χ1n) is 7.50. The lowest BCUT2D eigenvalue weighted by Gasteiger charge is -2.20. The zero-order chi connectivity index (χ0) is 15.8. The number of rotatable bonds is 2. The van der Waals surface area contributed by atoms with Gasteiger partial charge in [-0.3, -0.25) is 0 Å². The van der Waals surface area contributed by atoms with Crippen LogP contribution in [0.25, 0.3) is 5.57 Å². The number of nitrogens with zero attached hydrogens (tertiary/aromatic N) is 1. The Morgan fingerprint density at radius 2 is 1.74 bits per heavy atom. The molecule has 0 saturated heterocycles. The molecule has 1 aromatic heterocycles. The van der Waals surface area contributed by atoms with Crippen LogP contribution in [0.3, 0.4) is 0 Å². The van der Waals surface area contributed by atoms with E-state index in [0.29, 0.717) is 5.82 Å². The molecule has 2 aromatic carbocycles. The summed E-state index contributed by atoms with van der Waals surface area (Å²) in [6.07, 6.45) is 2.75. The van der Waals surface area contributed by atoms with Crippen LogP contribution in [0.4, 0.5) is 5.82 Å². The molecule has 0 atom stereocenters. The monoisotopic (exact) mass is 316 g/mol. The van der Waals surface area contributed by atoms with E-state index in [1.54, 1.807) is 6.20 Å². The van der Waals surface area contributed by atoms with E-state index < -0.39 is 0 Å². The van der Waals surface area contributed by atoms with Gasteiger partial charge in [-0.05, 0) is 59.0 Å².